The van der Waals surface area contributed by atoms with Gasteiger partial charge in [0, 0.05) is 0 Å². The third-order valence-corrected chi connectivity index (χ3v) is 4.11. The third-order valence-electron chi connectivity index (χ3n) is 4.11. The molecule has 2 amide bonds. The zero-order chi connectivity index (χ0) is 15.6. The van der Waals surface area contributed by atoms with E-state index in [9.17, 15) is 9.59 Å². The monoisotopic (exact) mass is 284 g/mol. The van der Waals surface area contributed by atoms with E-state index in [1.54, 1.807) is 13.8 Å². The highest BCUT2D eigenvalue weighted by Gasteiger charge is 2.48. The fourth-order valence-corrected chi connectivity index (χ4v) is 2.59. The van der Waals surface area contributed by atoms with Crippen LogP contribution in [0, 0.1) is 12.3 Å². The molecule has 21 heavy (non-hydrogen) atoms. The normalized spacial score (nSPS) is 27.0. The van der Waals surface area contributed by atoms with E-state index in [0.717, 1.165) is 5.56 Å². The van der Waals surface area contributed by atoms with Gasteiger partial charge in [-0.1, -0.05) is 43.2 Å². The summed E-state index contributed by atoms with van der Waals surface area (Å²) < 4.78 is 0. The Balaban J connectivity index is 2.51. The number of terminal acetylenes is 1. The molecule has 110 valence electrons. The zero-order valence-electron chi connectivity index (χ0n) is 12.6. The molecule has 1 heterocycles. The lowest BCUT2D eigenvalue weighted by molar-refractivity contribution is -0.156. The number of nitrogens with zero attached hydrogens (tertiary/aromatic N) is 1. The van der Waals surface area contributed by atoms with Gasteiger partial charge in [0.1, 0.15) is 11.6 Å². The van der Waals surface area contributed by atoms with Gasteiger partial charge in [0.2, 0.25) is 11.8 Å². The van der Waals surface area contributed by atoms with Crippen molar-refractivity contribution in [2.45, 2.75) is 44.8 Å². The number of piperazine rings is 1. The van der Waals surface area contributed by atoms with Gasteiger partial charge in [0.05, 0.1) is 6.04 Å². The lowest BCUT2D eigenvalue weighted by atomic mass is 9.88. The molecule has 1 N–H and O–H groups in total. The van der Waals surface area contributed by atoms with E-state index in [0.29, 0.717) is 6.42 Å². The Morgan fingerprint density at radius 2 is 2.00 bits per heavy atom. The van der Waals surface area contributed by atoms with Gasteiger partial charge in [0.25, 0.3) is 0 Å². The smallest absolute Gasteiger partial charge is 0.249 e. The SMILES string of the molecule is C#CC(C)N1C(=O)C(C)(CC)NC(=O)C1c1ccccc1. The molecule has 0 radical (unpaired) electrons. The van der Waals surface area contributed by atoms with Gasteiger partial charge >= 0.3 is 0 Å². The van der Waals surface area contributed by atoms with Crippen LogP contribution in [0.25, 0.3) is 0 Å². The van der Waals surface area contributed by atoms with Gasteiger partial charge < -0.3 is 10.2 Å². The van der Waals surface area contributed by atoms with E-state index in [4.69, 9.17) is 6.42 Å². The number of carbonyl (C=O) groups is 2. The van der Waals surface area contributed by atoms with Gasteiger partial charge in [-0.3, -0.25) is 9.59 Å². The quantitative estimate of drug-likeness (QED) is 0.862. The first-order valence-electron chi connectivity index (χ1n) is 7.10. The number of hydrogen-bond donors (Lipinski definition) is 1. The van der Waals surface area contributed by atoms with Gasteiger partial charge in [0.15, 0.2) is 0 Å². The molecule has 1 aromatic carbocycles. The van der Waals surface area contributed by atoms with Crippen LogP contribution in [0.3, 0.4) is 0 Å². The highest BCUT2D eigenvalue weighted by Crippen LogP contribution is 2.32. The van der Waals surface area contributed by atoms with Crippen LogP contribution in [0.5, 0.6) is 0 Å². The first-order valence-corrected chi connectivity index (χ1v) is 7.10. The number of benzene rings is 1. The van der Waals surface area contributed by atoms with Crippen molar-refractivity contribution >= 4 is 11.8 Å². The van der Waals surface area contributed by atoms with E-state index < -0.39 is 17.6 Å². The summed E-state index contributed by atoms with van der Waals surface area (Å²) in [5.74, 6) is 2.25. The number of rotatable bonds is 3. The first kappa shape index (κ1) is 15.1. The molecule has 0 aliphatic carbocycles. The number of amides is 2. The van der Waals surface area contributed by atoms with Gasteiger partial charge in [-0.25, -0.2) is 0 Å². The van der Waals surface area contributed by atoms with Crippen molar-refractivity contribution in [2.24, 2.45) is 0 Å². The van der Waals surface area contributed by atoms with Gasteiger partial charge in [-0.15, -0.1) is 6.42 Å². The Morgan fingerprint density at radius 3 is 2.52 bits per heavy atom. The van der Waals surface area contributed by atoms with Crippen molar-refractivity contribution in [1.29, 1.82) is 0 Å². The standard InChI is InChI=1S/C17H20N2O2/c1-5-12(3)19-14(13-10-8-7-9-11-13)15(20)18-17(4,6-2)16(19)21/h1,7-12,14H,6H2,2-4H3,(H,18,20). The highest BCUT2D eigenvalue weighted by atomic mass is 16.2. The number of hydrogen-bond acceptors (Lipinski definition) is 2. The molecule has 1 aliphatic rings. The maximum absolute atomic E-state index is 12.8. The topological polar surface area (TPSA) is 49.4 Å². The molecule has 1 aromatic rings. The molecule has 1 fully saturated rings. The van der Waals surface area contributed by atoms with Crippen molar-refractivity contribution in [1.82, 2.24) is 10.2 Å². The van der Waals surface area contributed by atoms with Crippen molar-refractivity contribution in [3.05, 3.63) is 35.9 Å². The minimum atomic E-state index is -0.895. The largest absolute Gasteiger partial charge is 0.340 e. The average Bonchev–Trinajstić information content (AvgIpc) is 2.50. The Labute approximate surface area is 125 Å². The summed E-state index contributed by atoms with van der Waals surface area (Å²) in [7, 11) is 0. The van der Waals surface area contributed by atoms with Crippen molar-refractivity contribution < 1.29 is 9.59 Å². The average molecular weight is 284 g/mol. The second-order valence-electron chi connectivity index (χ2n) is 5.54. The fourth-order valence-electron chi connectivity index (χ4n) is 2.59. The van der Waals surface area contributed by atoms with Gasteiger partial charge in [-0.2, -0.15) is 0 Å². The fraction of sp³-hybridized carbons (Fsp3) is 0.412. The molecule has 3 atom stereocenters. The molecule has 0 bridgehead atoms. The van der Waals surface area contributed by atoms with Gasteiger partial charge in [-0.05, 0) is 25.8 Å². The third kappa shape index (κ3) is 2.52. The predicted octanol–water partition coefficient (Wildman–Crippen LogP) is 1.88. The van der Waals surface area contributed by atoms with E-state index >= 15 is 0 Å². The Hall–Kier alpha value is -2.28. The maximum Gasteiger partial charge on any atom is 0.249 e. The number of carbonyl (C=O) groups excluding carboxylic acids is 2. The van der Waals surface area contributed by atoms with Crippen LogP contribution in [0.1, 0.15) is 38.8 Å². The molecule has 0 spiro atoms. The summed E-state index contributed by atoms with van der Waals surface area (Å²) >= 11 is 0. The minimum absolute atomic E-state index is 0.135. The van der Waals surface area contributed by atoms with Crippen molar-refractivity contribution in [3.8, 4) is 12.3 Å². The summed E-state index contributed by atoms with van der Waals surface area (Å²) in [4.78, 5) is 26.9. The van der Waals surface area contributed by atoms with Crippen LogP contribution < -0.4 is 5.32 Å². The molecule has 3 unspecified atom stereocenters. The van der Waals surface area contributed by atoms with E-state index in [1.165, 1.54) is 4.90 Å². The Kier molecular flexibility index (Phi) is 4.04. The van der Waals surface area contributed by atoms with E-state index in [2.05, 4.69) is 11.2 Å². The summed E-state index contributed by atoms with van der Waals surface area (Å²) in [5, 5.41) is 2.85. The zero-order valence-corrected chi connectivity index (χ0v) is 12.6. The molecule has 2 rings (SSSR count). The molecule has 4 nitrogen and oxygen atoms in total. The summed E-state index contributed by atoms with van der Waals surface area (Å²) in [6.07, 6.45) is 6.03. The van der Waals surface area contributed by atoms with Crippen molar-refractivity contribution in [2.75, 3.05) is 0 Å². The second-order valence-corrected chi connectivity index (χ2v) is 5.54. The summed E-state index contributed by atoms with van der Waals surface area (Å²) in [6, 6.07) is 8.12. The lowest BCUT2D eigenvalue weighted by Gasteiger charge is -2.45. The van der Waals surface area contributed by atoms with E-state index in [1.807, 2.05) is 37.3 Å². The molecule has 1 aliphatic heterocycles. The Morgan fingerprint density at radius 1 is 1.38 bits per heavy atom. The van der Waals surface area contributed by atoms with Crippen LogP contribution in [-0.2, 0) is 9.59 Å². The van der Waals surface area contributed by atoms with Crippen LogP contribution in [0.15, 0.2) is 30.3 Å². The molecule has 0 aromatic heterocycles. The molecule has 4 heteroatoms. The molecular weight excluding hydrogens is 264 g/mol. The van der Waals surface area contributed by atoms with E-state index in [-0.39, 0.29) is 11.8 Å². The van der Waals surface area contributed by atoms with Crippen LogP contribution in [-0.4, -0.2) is 28.3 Å². The minimum Gasteiger partial charge on any atom is -0.340 e. The first-order chi connectivity index (χ1) is 9.94. The molecule has 1 saturated heterocycles. The number of nitrogens with one attached hydrogen (secondary N) is 1. The Bertz CT molecular complexity index is 591. The second kappa shape index (κ2) is 5.61. The predicted molar refractivity (Wildman–Crippen MR) is 81.2 cm³/mol. The van der Waals surface area contributed by atoms with Crippen molar-refractivity contribution in [3.63, 3.8) is 0 Å². The van der Waals surface area contributed by atoms with Crippen LogP contribution in [0.4, 0.5) is 0 Å². The summed E-state index contributed by atoms with van der Waals surface area (Å²) in [6.45, 7) is 5.38. The maximum atomic E-state index is 12.8. The summed E-state index contributed by atoms with van der Waals surface area (Å²) in [5.41, 5.74) is -0.128. The van der Waals surface area contributed by atoms with Crippen LogP contribution >= 0.6 is 0 Å². The molecule has 0 saturated carbocycles. The van der Waals surface area contributed by atoms with Crippen LogP contribution in [0.2, 0.25) is 0 Å². The highest BCUT2D eigenvalue weighted by molar-refractivity contribution is 6.00. The molecular formula is C17H20N2O2. The lowest BCUT2D eigenvalue weighted by Crippen LogP contribution is -2.67.